The van der Waals surface area contributed by atoms with Crippen molar-refractivity contribution in [3.63, 3.8) is 0 Å². The van der Waals surface area contributed by atoms with Gasteiger partial charge in [-0.25, -0.2) is 9.97 Å². The van der Waals surface area contributed by atoms with Crippen LogP contribution >= 0.6 is 0 Å². The Balaban J connectivity index is 0.00000147. The topological polar surface area (TPSA) is 86.8 Å². The van der Waals surface area contributed by atoms with Gasteiger partial charge in [0.25, 0.3) is 0 Å². The van der Waals surface area contributed by atoms with Gasteiger partial charge in [-0.15, -0.1) is 0 Å². The van der Waals surface area contributed by atoms with Crippen LogP contribution in [0.3, 0.4) is 0 Å². The summed E-state index contributed by atoms with van der Waals surface area (Å²) in [5, 5.41) is 0. The molecule has 0 atom stereocenters. The van der Waals surface area contributed by atoms with Crippen LogP contribution in [-0.4, -0.2) is 9.97 Å². The van der Waals surface area contributed by atoms with Gasteiger partial charge in [-0.1, -0.05) is 60.7 Å². The molecule has 0 bridgehead atoms. The predicted molar refractivity (Wildman–Crippen MR) is 82.3 cm³/mol. The van der Waals surface area contributed by atoms with E-state index in [0.29, 0.717) is 5.95 Å². The third-order valence-electron chi connectivity index (χ3n) is 2.94. The number of benzene rings is 2. The van der Waals surface area contributed by atoms with Crippen molar-refractivity contribution in [2.24, 2.45) is 0 Å². The van der Waals surface area contributed by atoms with Gasteiger partial charge in [0.15, 0.2) is 0 Å². The summed E-state index contributed by atoms with van der Waals surface area (Å²) in [6, 6.07) is 20.1. The molecule has 0 spiro atoms. The van der Waals surface area contributed by atoms with E-state index in [2.05, 4.69) is 9.97 Å². The minimum atomic E-state index is 0. The molecule has 2 aromatic carbocycles. The van der Waals surface area contributed by atoms with Crippen LogP contribution in [0.1, 0.15) is 0 Å². The fourth-order valence-electron chi connectivity index (χ4n) is 2.04. The summed E-state index contributed by atoms with van der Waals surface area (Å²) < 4.78 is 0. The lowest BCUT2D eigenvalue weighted by Gasteiger charge is -2.09. The number of rotatable bonds is 2. The van der Waals surface area contributed by atoms with E-state index in [1.807, 2.05) is 60.7 Å². The number of nitrogens with zero attached hydrogens (tertiary/aromatic N) is 2. The largest absolute Gasteiger partial charge is 0.368 e. The maximum absolute atomic E-state index is 5.72. The molecule has 5 N–H and O–H groups in total. The lowest BCUT2D eigenvalue weighted by molar-refractivity contribution is 1.19. The minimum absolute atomic E-state index is 0. The number of nitrogens with two attached hydrogens (primary N) is 1. The Morgan fingerprint density at radius 1 is 0.750 bits per heavy atom. The van der Waals surface area contributed by atoms with E-state index in [9.17, 15) is 0 Å². The molecule has 0 aliphatic heterocycles. The van der Waals surface area contributed by atoms with Crippen molar-refractivity contribution >= 4 is 5.95 Å². The number of anilines is 1. The summed E-state index contributed by atoms with van der Waals surface area (Å²) in [5.74, 6) is 0.290. The van der Waals surface area contributed by atoms with Crippen LogP contribution in [-0.2, 0) is 0 Å². The van der Waals surface area contributed by atoms with Crippen LogP contribution in [0.15, 0.2) is 66.9 Å². The fourth-order valence-corrected chi connectivity index (χ4v) is 2.04. The van der Waals surface area contributed by atoms with E-state index < -0.39 is 0 Å². The van der Waals surface area contributed by atoms with Gasteiger partial charge in [-0.3, -0.25) is 0 Å². The molecule has 3 rings (SSSR count). The molecule has 0 saturated carbocycles. The Morgan fingerprint density at radius 2 is 1.30 bits per heavy atom. The van der Waals surface area contributed by atoms with E-state index in [-0.39, 0.29) is 6.15 Å². The highest BCUT2D eigenvalue weighted by atomic mass is 15.0. The highest BCUT2D eigenvalue weighted by molar-refractivity contribution is 5.80. The first kappa shape index (κ1) is 13.7. The van der Waals surface area contributed by atoms with Crippen molar-refractivity contribution in [2.45, 2.75) is 0 Å². The number of aromatic nitrogens is 2. The highest BCUT2D eigenvalue weighted by Crippen LogP contribution is 2.29. The molecule has 4 nitrogen and oxygen atoms in total. The first-order valence-electron chi connectivity index (χ1n) is 6.08. The van der Waals surface area contributed by atoms with Gasteiger partial charge in [0.05, 0.1) is 5.69 Å². The molecule has 20 heavy (non-hydrogen) atoms. The van der Waals surface area contributed by atoms with E-state index in [4.69, 9.17) is 5.73 Å². The quantitative estimate of drug-likeness (QED) is 0.741. The third kappa shape index (κ3) is 2.65. The zero-order valence-electron chi connectivity index (χ0n) is 11.0. The lowest BCUT2D eigenvalue weighted by atomic mass is 10.0. The molecule has 0 aliphatic rings. The van der Waals surface area contributed by atoms with Gasteiger partial charge >= 0.3 is 0 Å². The van der Waals surface area contributed by atoms with Gasteiger partial charge in [0, 0.05) is 17.3 Å². The van der Waals surface area contributed by atoms with Crippen LogP contribution in [0.5, 0.6) is 0 Å². The van der Waals surface area contributed by atoms with Crippen molar-refractivity contribution in [2.75, 3.05) is 5.73 Å². The SMILES string of the molecule is N.Nc1ncc(-c2ccccc2)c(-c2ccccc2)n1. The van der Waals surface area contributed by atoms with Crippen LogP contribution in [0.4, 0.5) is 5.95 Å². The third-order valence-corrected chi connectivity index (χ3v) is 2.94. The Labute approximate surface area is 117 Å². The standard InChI is InChI=1S/C16H13N3.H3N/c17-16-18-11-14(12-7-3-1-4-8-12)15(19-16)13-9-5-2-6-10-13;/h1-11H,(H2,17,18,19);1H3. The molecular weight excluding hydrogens is 248 g/mol. The summed E-state index contributed by atoms with van der Waals surface area (Å²) in [7, 11) is 0. The number of nitrogen functional groups attached to an aromatic ring is 1. The maximum Gasteiger partial charge on any atom is 0.220 e. The van der Waals surface area contributed by atoms with E-state index in [0.717, 1.165) is 22.4 Å². The van der Waals surface area contributed by atoms with Crippen LogP contribution < -0.4 is 11.9 Å². The van der Waals surface area contributed by atoms with E-state index in [1.54, 1.807) is 6.20 Å². The van der Waals surface area contributed by atoms with Crippen LogP contribution in [0.25, 0.3) is 22.4 Å². The summed E-state index contributed by atoms with van der Waals surface area (Å²) in [6.45, 7) is 0. The van der Waals surface area contributed by atoms with Crippen molar-refractivity contribution in [3.05, 3.63) is 66.9 Å². The predicted octanol–water partition coefficient (Wildman–Crippen LogP) is 3.55. The van der Waals surface area contributed by atoms with Gasteiger partial charge in [0.1, 0.15) is 0 Å². The number of hydrogen-bond donors (Lipinski definition) is 2. The molecule has 0 aliphatic carbocycles. The Bertz CT molecular complexity index is 681. The zero-order chi connectivity index (χ0) is 13.1. The summed E-state index contributed by atoms with van der Waals surface area (Å²) in [6.07, 6.45) is 1.78. The lowest BCUT2D eigenvalue weighted by Crippen LogP contribution is -1.98. The summed E-state index contributed by atoms with van der Waals surface area (Å²) >= 11 is 0. The van der Waals surface area contributed by atoms with E-state index >= 15 is 0 Å². The normalized spacial score (nSPS) is 9.80. The van der Waals surface area contributed by atoms with Crippen molar-refractivity contribution < 1.29 is 0 Å². The van der Waals surface area contributed by atoms with Crippen molar-refractivity contribution in [1.82, 2.24) is 16.1 Å². The molecule has 1 heterocycles. The average molecular weight is 264 g/mol. The molecule has 3 aromatic rings. The zero-order valence-corrected chi connectivity index (χ0v) is 11.0. The van der Waals surface area contributed by atoms with Gasteiger partial charge in [-0.05, 0) is 5.56 Å². The molecule has 0 unspecified atom stereocenters. The first-order valence-corrected chi connectivity index (χ1v) is 6.08. The maximum atomic E-state index is 5.72. The second kappa shape index (κ2) is 5.95. The fraction of sp³-hybridized carbons (Fsp3) is 0. The van der Waals surface area contributed by atoms with Crippen LogP contribution in [0, 0.1) is 0 Å². The minimum Gasteiger partial charge on any atom is -0.368 e. The Hall–Kier alpha value is -2.72. The smallest absolute Gasteiger partial charge is 0.220 e. The second-order valence-corrected chi connectivity index (χ2v) is 4.22. The molecule has 4 heteroatoms. The monoisotopic (exact) mass is 264 g/mol. The first-order chi connectivity index (χ1) is 9.34. The summed E-state index contributed by atoms with van der Waals surface area (Å²) in [4.78, 5) is 8.49. The molecule has 0 radical (unpaired) electrons. The Morgan fingerprint density at radius 3 is 1.90 bits per heavy atom. The van der Waals surface area contributed by atoms with Gasteiger partial charge in [-0.2, -0.15) is 0 Å². The molecule has 1 aromatic heterocycles. The number of hydrogen-bond acceptors (Lipinski definition) is 4. The van der Waals surface area contributed by atoms with Crippen LogP contribution in [0.2, 0.25) is 0 Å². The molecule has 0 saturated heterocycles. The average Bonchev–Trinajstić information content (AvgIpc) is 2.49. The molecule has 0 fully saturated rings. The highest BCUT2D eigenvalue weighted by Gasteiger charge is 2.09. The summed E-state index contributed by atoms with van der Waals surface area (Å²) in [5.41, 5.74) is 9.69. The molecule has 100 valence electrons. The van der Waals surface area contributed by atoms with Crippen molar-refractivity contribution in [1.29, 1.82) is 0 Å². The van der Waals surface area contributed by atoms with Gasteiger partial charge < -0.3 is 11.9 Å². The van der Waals surface area contributed by atoms with Gasteiger partial charge in [0.2, 0.25) is 5.95 Å². The van der Waals surface area contributed by atoms with E-state index in [1.165, 1.54) is 0 Å². The van der Waals surface area contributed by atoms with Crippen molar-refractivity contribution in [3.8, 4) is 22.4 Å². The molecular formula is C16H16N4. The Kier molecular flexibility index (Phi) is 4.08. The molecule has 0 amide bonds. The second-order valence-electron chi connectivity index (χ2n) is 4.22.